The largest absolute Gasteiger partial charge is 0.118 e. The van der Waals surface area contributed by atoms with Crippen molar-refractivity contribution >= 4 is 50.2 Å². The van der Waals surface area contributed by atoms with Gasteiger partial charge >= 0.3 is 0 Å². The first-order chi connectivity index (χ1) is 19.7. The van der Waals surface area contributed by atoms with E-state index in [4.69, 9.17) is 0 Å². The highest BCUT2D eigenvalue weighted by molar-refractivity contribution is 8.04. The summed E-state index contributed by atoms with van der Waals surface area (Å²) >= 11 is 1.93. The summed E-state index contributed by atoms with van der Waals surface area (Å²) < 4.78 is 0. The van der Waals surface area contributed by atoms with Crippen LogP contribution in [-0.2, 0) is 0 Å². The minimum absolute atomic E-state index is 0.446. The third kappa shape index (κ3) is 4.68. The maximum Gasteiger partial charge on any atom is 0.0460 e. The number of rotatable bonds is 4. The molecule has 1 aliphatic heterocycles. The van der Waals surface area contributed by atoms with Crippen LogP contribution >= 0.6 is 11.8 Å². The maximum absolute atomic E-state index is 2.37. The molecule has 1 unspecified atom stereocenters. The SMILES string of the molecule is CC1=C(/C=C\C=C\c2cccc(-c3ccc4c5ccccc5c5ccccc5c4c3)c2)C2=CC(/C=C\CC=C2)S1. The molecule has 0 radical (unpaired) electrons. The fourth-order valence-electron chi connectivity index (χ4n) is 5.94. The summed E-state index contributed by atoms with van der Waals surface area (Å²) in [6.07, 6.45) is 21.2. The Morgan fingerprint density at radius 2 is 1.32 bits per heavy atom. The molecule has 0 fully saturated rings. The molecular formula is C39H30S. The molecule has 2 aliphatic rings. The molecule has 1 heterocycles. The van der Waals surface area contributed by atoms with Crippen molar-refractivity contribution in [3.05, 3.63) is 161 Å². The lowest BCUT2D eigenvalue weighted by atomic mass is 9.92. The number of allylic oxidation sites excluding steroid dienone is 9. The van der Waals surface area contributed by atoms with Crippen LogP contribution in [0.4, 0.5) is 0 Å². The zero-order valence-electron chi connectivity index (χ0n) is 22.5. The van der Waals surface area contributed by atoms with Crippen LogP contribution in [0.5, 0.6) is 0 Å². The molecule has 0 saturated carbocycles. The highest BCUT2D eigenvalue weighted by atomic mass is 32.2. The molecule has 0 aromatic heterocycles. The Morgan fingerprint density at radius 3 is 2.10 bits per heavy atom. The predicted molar refractivity (Wildman–Crippen MR) is 178 cm³/mol. The molecule has 1 aliphatic carbocycles. The molecule has 5 aromatic rings. The minimum Gasteiger partial charge on any atom is -0.118 e. The van der Waals surface area contributed by atoms with Crippen molar-refractivity contribution in [3.8, 4) is 11.1 Å². The Kier molecular flexibility index (Phi) is 6.59. The molecule has 40 heavy (non-hydrogen) atoms. The smallest absolute Gasteiger partial charge is 0.0460 e. The van der Waals surface area contributed by atoms with Crippen molar-refractivity contribution in [2.75, 3.05) is 0 Å². The first kappa shape index (κ1) is 24.7. The van der Waals surface area contributed by atoms with Crippen LogP contribution in [0, 0.1) is 0 Å². The molecule has 0 saturated heterocycles. The fourth-order valence-corrected chi connectivity index (χ4v) is 7.06. The molecular weight excluding hydrogens is 500 g/mol. The second kappa shape index (κ2) is 10.7. The van der Waals surface area contributed by atoms with Crippen molar-refractivity contribution < 1.29 is 0 Å². The summed E-state index contributed by atoms with van der Waals surface area (Å²) in [6, 6.07) is 33.3. The van der Waals surface area contributed by atoms with Gasteiger partial charge in [-0.1, -0.05) is 134 Å². The van der Waals surface area contributed by atoms with E-state index < -0.39 is 0 Å². The highest BCUT2D eigenvalue weighted by Crippen LogP contribution is 2.38. The van der Waals surface area contributed by atoms with Gasteiger partial charge in [-0.25, -0.2) is 0 Å². The number of hydrogen-bond donors (Lipinski definition) is 0. The second-order valence-corrected chi connectivity index (χ2v) is 11.8. The summed E-state index contributed by atoms with van der Waals surface area (Å²) in [7, 11) is 0. The summed E-state index contributed by atoms with van der Waals surface area (Å²) in [5, 5.41) is 8.30. The Labute approximate surface area is 240 Å². The van der Waals surface area contributed by atoms with Gasteiger partial charge in [0, 0.05) is 5.25 Å². The first-order valence-corrected chi connectivity index (χ1v) is 14.8. The molecule has 0 N–H and O–H groups in total. The van der Waals surface area contributed by atoms with Gasteiger partial charge in [0.1, 0.15) is 0 Å². The average molecular weight is 531 g/mol. The number of fused-ring (bicyclic) bond motifs is 7. The molecule has 2 bridgehead atoms. The monoisotopic (exact) mass is 530 g/mol. The van der Waals surface area contributed by atoms with Crippen LogP contribution in [0.25, 0.3) is 49.5 Å². The Bertz CT molecular complexity index is 1920. The Hall–Kier alpha value is -4.33. The van der Waals surface area contributed by atoms with E-state index >= 15 is 0 Å². The van der Waals surface area contributed by atoms with Gasteiger partial charge in [0.25, 0.3) is 0 Å². The molecule has 0 spiro atoms. The third-order valence-corrected chi connectivity index (χ3v) is 9.01. The van der Waals surface area contributed by atoms with Gasteiger partial charge in [-0.15, -0.1) is 11.8 Å². The van der Waals surface area contributed by atoms with Gasteiger partial charge < -0.3 is 0 Å². The van der Waals surface area contributed by atoms with E-state index in [2.05, 4.69) is 153 Å². The predicted octanol–water partition coefficient (Wildman–Crippen LogP) is 11.2. The Morgan fingerprint density at radius 1 is 0.650 bits per heavy atom. The lowest BCUT2D eigenvalue weighted by Gasteiger charge is -2.21. The molecule has 5 aromatic carbocycles. The van der Waals surface area contributed by atoms with Crippen LogP contribution < -0.4 is 0 Å². The zero-order chi connectivity index (χ0) is 26.9. The molecule has 192 valence electrons. The normalized spacial score (nSPS) is 18.1. The molecule has 0 amide bonds. The van der Waals surface area contributed by atoms with Crippen LogP contribution in [0.15, 0.2) is 156 Å². The lowest BCUT2D eigenvalue weighted by Crippen LogP contribution is -2.04. The molecule has 0 nitrogen and oxygen atoms in total. The quantitative estimate of drug-likeness (QED) is 0.126. The van der Waals surface area contributed by atoms with E-state index in [1.807, 2.05) is 11.8 Å². The maximum atomic E-state index is 2.37. The van der Waals surface area contributed by atoms with E-state index in [0.29, 0.717) is 5.25 Å². The standard InChI is InChI=1S/C39H30S/c1-27-33(31-14-3-2-4-16-32(25-31)40-27)17-6-5-12-28-13-11-15-29(24-28)30-22-23-38-36-20-8-7-18-34(36)35-19-9-10-21-37(35)39(38)26-30/h3-26,32H,2H2,1H3/b12-5+,14-3?,16-4-,17-6-. The first-order valence-electron chi connectivity index (χ1n) is 14.0. The molecule has 7 rings (SSSR count). The average Bonchev–Trinajstić information content (AvgIpc) is 2.99. The second-order valence-electron chi connectivity index (χ2n) is 10.4. The van der Waals surface area contributed by atoms with E-state index in [0.717, 1.165) is 6.42 Å². The van der Waals surface area contributed by atoms with Crippen molar-refractivity contribution in [2.45, 2.75) is 18.6 Å². The van der Waals surface area contributed by atoms with Gasteiger partial charge in [-0.2, -0.15) is 0 Å². The number of benzene rings is 5. The lowest BCUT2D eigenvalue weighted by molar-refractivity contribution is 1.25. The summed E-state index contributed by atoms with van der Waals surface area (Å²) in [4.78, 5) is 1.38. The number of thioether (sulfide) groups is 1. The van der Waals surface area contributed by atoms with Crippen molar-refractivity contribution in [3.63, 3.8) is 0 Å². The van der Waals surface area contributed by atoms with E-state index in [-0.39, 0.29) is 0 Å². The van der Waals surface area contributed by atoms with Crippen molar-refractivity contribution in [1.82, 2.24) is 0 Å². The van der Waals surface area contributed by atoms with Crippen LogP contribution in [-0.4, -0.2) is 5.25 Å². The summed E-state index contributed by atoms with van der Waals surface area (Å²) in [5.74, 6) is 0. The van der Waals surface area contributed by atoms with E-state index in [1.54, 1.807) is 0 Å². The minimum atomic E-state index is 0.446. The van der Waals surface area contributed by atoms with Crippen LogP contribution in [0.2, 0.25) is 0 Å². The Balaban J connectivity index is 1.20. The topological polar surface area (TPSA) is 0 Å². The van der Waals surface area contributed by atoms with Crippen molar-refractivity contribution in [2.24, 2.45) is 0 Å². The van der Waals surface area contributed by atoms with Crippen LogP contribution in [0.3, 0.4) is 0 Å². The summed E-state index contributed by atoms with van der Waals surface area (Å²) in [5.41, 5.74) is 6.32. The van der Waals surface area contributed by atoms with Gasteiger partial charge in [0.2, 0.25) is 0 Å². The zero-order valence-corrected chi connectivity index (χ0v) is 23.4. The fraction of sp³-hybridized carbons (Fsp3) is 0.0769. The number of hydrogen-bond acceptors (Lipinski definition) is 1. The van der Waals surface area contributed by atoms with Crippen molar-refractivity contribution in [1.29, 1.82) is 0 Å². The van der Waals surface area contributed by atoms with Gasteiger partial charge in [-0.3, -0.25) is 0 Å². The molecule has 1 heteroatoms. The third-order valence-electron chi connectivity index (χ3n) is 7.87. The van der Waals surface area contributed by atoms with Gasteiger partial charge in [0.05, 0.1) is 0 Å². The van der Waals surface area contributed by atoms with E-state index in [1.165, 1.54) is 65.1 Å². The highest BCUT2D eigenvalue weighted by Gasteiger charge is 2.16. The van der Waals surface area contributed by atoms with Crippen LogP contribution in [0.1, 0.15) is 18.9 Å². The molecule has 1 atom stereocenters. The summed E-state index contributed by atoms with van der Waals surface area (Å²) in [6.45, 7) is 2.23. The van der Waals surface area contributed by atoms with E-state index in [9.17, 15) is 0 Å². The van der Waals surface area contributed by atoms with Gasteiger partial charge in [0.15, 0.2) is 0 Å². The van der Waals surface area contributed by atoms with Gasteiger partial charge in [-0.05, 0) is 90.5 Å².